The van der Waals surface area contributed by atoms with Crippen molar-refractivity contribution in [3.05, 3.63) is 37.2 Å². The normalized spacial score (nSPS) is 15.6. The minimum atomic E-state index is -0.403. The van der Waals surface area contributed by atoms with Crippen LogP contribution in [-0.2, 0) is 14.1 Å². The number of rotatable bonds is 2. The number of imidazole rings is 1. The molecule has 27 heavy (non-hydrogen) atoms. The lowest BCUT2D eigenvalue weighted by molar-refractivity contribution is 0.0715. The lowest BCUT2D eigenvalue weighted by Crippen LogP contribution is -2.38. The summed E-state index contributed by atoms with van der Waals surface area (Å²) in [4.78, 5) is 46.9. The Balaban J connectivity index is 1.57. The molecule has 1 saturated heterocycles. The minimum Gasteiger partial charge on any atom is -0.338 e. The predicted molar refractivity (Wildman–Crippen MR) is 99.1 cm³/mol. The first-order valence-electron chi connectivity index (χ1n) is 8.62. The zero-order valence-corrected chi connectivity index (χ0v) is 16.0. The maximum absolute atomic E-state index is 12.6. The van der Waals surface area contributed by atoms with Gasteiger partial charge in [0.25, 0.3) is 11.5 Å². The van der Waals surface area contributed by atoms with Crippen molar-refractivity contribution in [3.63, 3.8) is 0 Å². The second-order valence-electron chi connectivity index (χ2n) is 6.78. The molecule has 4 heterocycles. The molecule has 10 nitrogen and oxygen atoms in total. The number of aromatic nitrogens is 6. The fraction of sp³-hybridized carbons (Fsp3) is 0.500. The van der Waals surface area contributed by atoms with Gasteiger partial charge in [0.1, 0.15) is 16.2 Å². The zero-order valence-electron chi connectivity index (χ0n) is 15.2. The Morgan fingerprint density at radius 1 is 1.19 bits per heavy atom. The van der Waals surface area contributed by atoms with Crippen molar-refractivity contribution in [2.24, 2.45) is 14.1 Å². The van der Waals surface area contributed by atoms with E-state index < -0.39 is 5.69 Å². The van der Waals surface area contributed by atoms with Crippen LogP contribution in [-0.4, -0.2) is 52.6 Å². The van der Waals surface area contributed by atoms with Gasteiger partial charge < -0.3 is 9.88 Å². The second kappa shape index (κ2) is 6.41. The van der Waals surface area contributed by atoms with Crippen LogP contribution in [0.2, 0.25) is 0 Å². The molecule has 0 saturated carbocycles. The van der Waals surface area contributed by atoms with Gasteiger partial charge in [-0.25, -0.2) is 9.78 Å². The lowest BCUT2D eigenvalue weighted by atomic mass is 9.96. The molecule has 3 aromatic heterocycles. The van der Waals surface area contributed by atoms with E-state index in [1.807, 2.05) is 0 Å². The monoisotopic (exact) mass is 389 g/mol. The topological polar surface area (TPSA) is 119 Å². The largest absolute Gasteiger partial charge is 0.338 e. The summed E-state index contributed by atoms with van der Waals surface area (Å²) in [7, 11) is 3.05. The molecule has 0 spiro atoms. The van der Waals surface area contributed by atoms with E-state index in [2.05, 4.69) is 19.6 Å². The summed E-state index contributed by atoms with van der Waals surface area (Å²) in [6, 6.07) is 0. The molecule has 1 aliphatic heterocycles. The van der Waals surface area contributed by atoms with Gasteiger partial charge in [-0.1, -0.05) is 4.49 Å². The highest BCUT2D eigenvalue weighted by molar-refractivity contribution is 7.07. The first-order valence-corrected chi connectivity index (χ1v) is 9.39. The number of amides is 1. The van der Waals surface area contributed by atoms with Crippen LogP contribution in [0.4, 0.5) is 0 Å². The zero-order chi connectivity index (χ0) is 19.3. The van der Waals surface area contributed by atoms with Crippen molar-refractivity contribution in [2.45, 2.75) is 25.7 Å². The number of H-pyrrole nitrogens is 1. The molecule has 0 atom stereocenters. The van der Waals surface area contributed by atoms with Crippen molar-refractivity contribution in [3.8, 4) is 0 Å². The Kier molecular flexibility index (Phi) is 4.17. The van der Waals surface area contributed by atoms with Gasteiger partial charge in [-0.3, -0.25) is 18.7 Å². The molecule has 11 heteroatoms. The van der Waals surface area contributed by atoms with E-state index in [0.29, 0.717) is 40.6 Å². The van der Waals surface area contributed by atoms with Crippen molar-refractivity contribution in [1.82, 2.24) is 33.6 Å². The number of carbonyl (C=O) groups excluding carboxylic acids is 1. The van der Waals surface area contributed by atoms with E-state index in [-0.39, 0.29) is 17.4 Å². The number of carbonyl (C=O) groups is 1. The van der Waals surface area contributed by atoms with Gasteiger partial charge in [0.15, 0.2) is 5.65 Å². The number of likely N-dealkylation sites (tertiary alicyclic amines) is 1. The molecule has 142 valence electrons. The Labute approximate surface area is 157 Å². The fourth-order valence-electron chi connectivity index (χ4n) is 3.46. The Morgan fingerprint density at radius 3 is 2.52 bits per heavy atom. The van der Waals surface area contributed by atoms with Gasteiger partial charge >= 0.3 is 5.69 Å². The third-order valence-corrected chi connectivity index (χ3v) is 5.94. The first-order chi connectivity index (χ1) is 12.9. The number of aryl methyl sites for hydroxylation is 2. The van der Waals surface area contributed by atoms with Crippen LogP contribution in [0.3, 0.4) is 0 Å². The Morgan fingerprint density at radius 2 is 1.89 bits per heavy atom. The third kappa shape index (κ3) is 2.78. The number of piperidine rings is 1. The summed E-state index contributed by atoms with van der Waals surface area (Å²) in [5.41, 5.74) is 0.565. The third-order valence-electron chi connectivity index (χ3n) is 5.13. The van der Waals surface area contributed by atoms with Gasteiger partial charge in [-0.15, -0.1) is 5.10 Å². The molecule has 1 fully saturated rings. The smallest absolute Gasteiger partial charge is 0.332 e. The summed E-state index contributed by atoms with van der Waals surface area (Å²) >= 11 is 1.12. The fourth-order valence-corrected chi connectivity index (χ4v) is 4.09. The lowest BCUT2D eigenvalue weighted by Gasteiger charge is -2.30. The number of nitrogens with one attached hydrogen (secondary N) is 1. The van der Waals surface area contributed by atoms with E-state index in [1.165, 1.54) is 11.6 Å². The van der Waals surface area contributed by atoms with E-state index in [1.54, 1.807) is 18.9 Å². The quantitative estimate of drug-likeness (QED) is 0.666. The van der Waals surface area contributed by atoms with Crippen LogP contribution >= 0.6 is 11.5 Å². The summed E-state index contributed by atoms with van der Waals surface area (Å²) in [5, 5.41) is 3.90. The molecule has 0 unspecified atom stereocenters. The van der Waals surface area contributed by atoms with Crippen LogP contribution in [0.5, 0.6) is 0 Å². The maximum atomic E-state index is 12.6. The molecule has 1 aliphatic rings. The van der Waals surface area contributed by atoms with Crippen molar-refractivity contribution in [2.75, 3.05) is 13.1 Å². The highest BCUT2D eigenvalue weighted by Crippen LogP contribution is 2.28. The van der Waals surface area contributed by atoms with Gasteiger partial charge in [-0.2, -0.15) is 0 Å². The maximum Gasteiger partial charge on any atom is 0.332 e. The molecule has 1 amide bonds. The summed E-state index contributed by atoms with van der Waals surface area (Å²) < 4.78 is 6.26. The SMILES string of the molecule is Cc1nnsc1C(=O)N1CCC(c2nc3c([nH]2)c(=O)n(C)c(=O)n3C)CC1. The Bertz CT molecular complexity index is 1150. The van der Waals surface area contributed by atoms with Crippen LogP contribution in [0.25, 0.3) is 11.2 Å². The number of fused-ring (bicyclic) bond motifs is 1. The molecule has 0 radical (unpaired) electrons. The molecule has 0 aromatic carbocycles. The van der Waals surface area contributed by atoms with Crippen molar-refractivity contribution >= 4 is 28.6 Å². The van der Waals surface area contributed by atoms with Crippen molar-refractivity contribution < 1.29 is 4.79 Å². The molecule has 0 bridgehead atoms. The van der Waals surface area contributed by atoms with Crippen LogP contribution in [0, 0.1) is 6.92 Å². The number of nitrogens with zero attached hydrogens (tertiary/aromatic N) is 6. The van der Waals surface area contributed by atoms with Gasteiger partial charge in [0.2, 0.25) is 0 Å². The molecule has 3 aromatic rings. The highest BCUT2D eigenvalue weighted by Gasteiger charge is 2.28. The molecule has 1 N–H and O–H groups in total. The predicted octanol–water partition coefficient (Wildman–Crippen LogP) is 0.140. The first kappa shape index (κ1) is 17.6. The van der Waals surface area contributed by atoms with Gasteiger partial charge in [0.05, 0.1) is 5.69 Å². The summed E-state index contributed by atoms with van der Waals surface area (Å²) in [6.07, 6.45) is 1.45. The second-order valence-corrected chi connectivity index (χ2v) is 7.53. The van der Waals surface area contributed by atoms with Crippen LogP contribution < -0.4 is 11.2 Å². The number of aromatic amines is 1. The van der Waals surface area contributed by atoms with E-state index in [4.69, 9.17) is 0 Å². The molecular weight excluding hydrogens is 370 g/mol. The Hall–Kier alpha value is -2.82. The van der Waals surface area contributed by atoms with Gasteiger partial charge in [-0.05, 0) is 31.3 Å². The summed E-state index contributed by atoms with van der Waals surface area (Å²) in [6.45, 7) is 2.96. The van der Waals surface area contributed by atoms with Gasteiger partial charge in [0, 0.05) is 33.1 Å². The standard InChI is InChI=1S/C16H19N7O3S/c1-8-11(27-20-19-8)15(25)23-6-4-9(5-7-23)12-17-10-13(18-12)21(2)16(26)22(3)14(10)24/h9H,4-7H2,1-3H3,(H,17,18). The average molecular weight is 389 g/mol. The molecule has 0 aliphatic carbocycles. The number of hydrogen-bond donors (Lipinski definition) is 1. The average Bonchev–Trinajstić information content (AvgIpc) is 3.31. The number of hydrogen-bond acceptors (Lipinski definition) is 7. The van der Waals surface area contributed by atoms with Crippen LogP contribution in [0.1, 0.15) is 39.9 Å². The van der Waals surface area contributed by atoms with Crippen molar-refractivity contribution in [1.29, 1.82) is 0 Å². The molecular formula is C16H19N7O3S. The van der Waals surface area contributed by atoms with E-state index >= 15 is 0 Å². The van der Waals surface area contributed by atoms with E-state index in [0.717, 1.165) is 28.9 Å². The van der Waals surface area contributed by atoms with E-state index in [9.17, 15) is 14.4 Å². The van der Waals surface area contributed by atoms with Crippen LogP contribution in [0.15, 0.2) is 9.59 Å². The minimum absolute atomic E-state index is 0.0400. The highest BCUT2D eigenvalue weighted by atomic mass is 32.1. The molecule has 4 rings (SSSR count). The summed E-state index contributed by atoms with van der Waals surface area (Å²) in [5.74, 6) is 0.745.